The van der Waals surface area contributed by atoms with Crippen LogP contribution in [0.3, 0.4) is 0 Å². The van der Waals surface area contributed by atoms with E-state index in [-0.39, 0.29) is 30.4 Å². The first-order valence-electron chi connectivity index (χ1n) is 11.3. The molecular formula is C27H28N2O5. The second kappa shape index (κ2) is 10.7. The summed E-state index contributed by atoms with van der Waals surface area (Å²) >= 11 is 0. The summed E-state index contributed by atoms with van der Waals surface area (Å²) in [5.74, 6) is 1.27. The molecule has 2 N–H and O–H groups in total. The van der Waals surface area contributed by atoms with Crippen LogP contribution in [0.5, 0.6) is 17.2 Å². The van der Waals surface area contributed by atoms with Crippen LogP contribution in [0.25, 0.3) is 0 Å². The smallest absolute Gasteiger partial charge is 0.259 e. The maximum Gasteiger partial charge on any atom is 0.259 e. The molecule has 7 nitrogen and oxygen atoms in total. The van der Waals surface area contributed by atoms with Gasteiger partial charge in [-0.3, -0.25) is 9.59 Å². The molecule has 34 heavy (non-hydrogen) atoms. The van der Waals surface area contributed by atoms with E-state index in [1.807, 2.05) is 50.2 Å². The quantitative estimate of drug-likeness (QED) is 0.513. The van der Waals surface area contributed by atoms with E-state index in [4.69, 9.17) is 14.2 Å². The molecule has 176 valence electrons. The number of para-hydroxylation sites is 2. The molecule has 0 radical (unpaired) electrons. The van der Waals surface area contributed by atoms with Crippen molar-refractivity contribution in [1.29, 1.82) is 0 Å². The van der Waals surface area contributed by atoms with Crippen molar-refractivity contribution in [2.24, 2.45) is 5.92 Å². The summed E-state index contributed by atoms with van der Waals surface area (Å²) in [5.41, 5.74) is 1.96. The topological polar surface area (TPSA) is 85.9 Å². The van der Waals surface area contributed by atoms with Crippen LogP contribution >= 0.6 is 0 Å². The summed E-state index contributed by atoms with van der Waals surface area (Å²) in [5, 5.41) is 5.88. The molecule has 1 unspecified atom stereocenters. The SMILES string of the molecule is CC(C)C(NC(=O)COc1ccccc1C(=O)Nc1ccccc1)c1ccc2c(c1)OCCO2. The summed E-state index contributed by atoms with van der Waals surface area (Å²) in [6.07, 6.45) is 0. The molecule has 0 aromatic heterocycles. The number of amides is 2. The second-order valence-electron chi connectivity index (χ2n) is 8.30. The maximum absolute atomic E-state index is 12.8. The summed E-state index contributed by atoms with van der Waals surface area (Å²) in [4.78, 5) is 25.5. The Labute approximate surface area is 199 Å². The van der Waals surface area contributed by atoms with Crippen LogP contribution in [0.1, 0.15) is 35.8 Å². The average molecular weight is 461 g/mol. The highest BCUT2D eigenvalue weighted by Crippen LogP contribution is 2.34. The Bertz CT molecular complexity index is 1150. The highest BCUT2D eigenvalue weighted by molar-refractivity contribution is 6.06. The molecule has 1 aliphatic rings. The van der Waals surface area contributed by atoms with Crippen LogP contribution in [-0.4, -0.2) is 31.6 Å². The number of hydrogen-bond acceptors (Lipinski definition) is 5. The molecule has 1 heterocycles. The van der Waals surface area contributed by atoms with E-state index in [2.05, 4.69) is 10.6 Å². The van der Waals surface area contributed by atoms with E-state index in [9.17, 15) is 9.59 Å². The number of benzene rings is 3. The van der Waals surface area contributed by atoms with Crippen molar-refractivity contribution in [3.05, 3.63) is 83.9 Å². The Morgan fingerprint density at radius 1 is 0.912 bits per heavy atom. The number of anilines is 1. The zero-order valence-electron chi connectivity index (χ0n) is 19.2. The maximum atomic E-state index is 12.8. The molecule has 1 aliphatic heterocycles. The average Bonchev–Trinajstić information content (AvgIpc) is 2.86. The van der Waals surface area contributed by atoms with E-state index in [1.54, 1.807) is 36.4 Å². The van der Waals surface area contributed by atoms with E-state index in [0.717, 1.165) is 5.56 Å². The van der Waals surface area contributed by atoms with Crippen LogP contribution in [0.2, 0.25) is 0 Å². The largest absolute Gasteiger partial charge is 0.486 e. The van der Waals surface area contributed by atoms with Crippen LogP contribution in [0.15, 0.2) is 72.8 Å². The zero-order valence-corrected chi connectivity index (χ0v) is 19.2. The highest BCUT2D eigenvalue weighted by Gasteiger charge is 2.22. The van der Waals surface area contributed by atoms with Crippen molar-refractivity contribution < 1.29 is 23.8 Å². The molecule has 0 spiro atoms. The van der Waals surface area contributed by atoms with Gasteiger partial charge in [-0.05, 0) is 47.9 Å². The van der Waals surface area contributed by atoms with Crippen molar-refractivity contribution in [1.82, 2.24) is 5.32 Å². The monoisotopic (exact) mass is 460 g/mol. The molecule has 7 heteroatoms. The lowest BCUT2D eigenvalue weighted by Gasteiger charge is -2.25. The number of fused-ring (bicyclic) bond motifs is 1. The molecule has 3 aromatic rings. The lowest BCUT2D eigenvalue weighted by Crippen LogP contribution is -2.35. The van der Waals surface area contributed by atoms with Crippen LogP contribution in [0, 0.1) is 5.92 Å². The fraction of sp³-hybridized carbons (Fsp3) is 0.259. The fourth-order valence-corrected chi connectivity index (χ4v) is 3.75. The summed E-state index contributed by atoms with van der Waals surface area (Å²) in [6, 6.07) is 21.5. The van der Waals surface area contributed by atoms with Crippen LogP contribution in [-0.2, 0) is 4.79 Å². The molecule has 0 saturated heterocycles. The first-order valence-corrected chi connectivity index (χ1v) is 11.3. The van der Waals surface area contributed by atoms with Gasteiger partial charge < -0.3 is 24.8 Å². The normalized spacial score (nSPS) is 13.1. The van der Waals surface area contributed by atoms with Gasteiger partial charge in [0.15, 0.2) is 18.1 Å². The third-order valence-corrected chi connectivity index (χ3v) is 5.43. The van der Waals surface area contributed by atoms with Crippen molar-refractivity contribution >= 4 is 17.5 Å². The zero-order chi connectivity index (χ0) is 23.9. The van der Waals surface area contributed by atoms with Gasteiger partial charge >= 0.3 is 0 Å². The van der Waals surface area contributed by atoms with Crippen molar-refractivity contribution in [3.63, 3.8) is 0 Å². The number of nitrogens with one attached hydrogen (secondary N) is 2. The molecule has 1 atom stereocenters. The fourth-order valence-electron chi connectivity index (χ4n) is 3.75. The van der Waals surface area contributed by atoms with Crippen molar-refractivity contribution in [3.8, 4) is 17.2 Å². The van der Waals surface area contributed by atoms with Crippen molar-refractivity contribution in [2.75, 3.05) is 25.1 Å². The third kappa shape index (κ3) is 5.67. The number of carbonyl (C=O) groups is 2. The van der Waals surface area contributed by atoms with Gasteiger partial charge in [0.1, 0.15) is 19.0 Å². The Balaban J connectivity index is 1.41. The highest BCUT2D eigenvalue weighted by atomic mass is 16.6. The molecule has 0 aliphatic carbocycles. The predicted octanol–water partition coefficient (Wildman–Crippen LogP) is 4.60. The van der Waals surface area contributed by atoms with Gasteiger partial charge in [-0.1, -0.05) is 50.2 Å². The lowest BCUT2D eigenvalue weighted by molar-refractivity contribution is -0.124. The van der Waals surface area contributed by atoms with Gasteiger partial charge in [0, 0.05) is 5.69 Å². The van der Waals surface area contributed by atoms with E-state index in [0.29, 0.717) is 41.7 Å². The summed E-state index contributed by atoms with van der Waals surface area (Å²) in [6.45, 7) is 4.88. The minimum atomic E-state index is -0.307. The van der Waals surface area contributed by atoms with Gasteiger partial charge in [0.05, 0.1) is 11.6 Å². The Morgan fingerprint density at radius 3 is 2.38 bits per heavy atom. The number of carbonyl (C=O) groups excluding carboxylic acids is 2. The van der Waals surface area contributed by atoms with Gasteiger partial charge in [0.25, 0.3) is 11.8 Å². The predicted molar refractivity (Wildman–Crippen MR) is 129 cm³/mol. The van der Waals surface area contributed by atoms with E-state index >= 15 is 0 Å². The van der Waals surface area contributed by atoms with Gasteiger partial charge in [-0.15, -0.1) is 0 Å². The second-order valence-corrected chi connectivity index (χ2v) is 8.30. The standard InChI is InChI=1S/C27H28N2O5/c1-18(2)26(19-12-13-23-24(16-19)33-15-14-32-23)29-25(30)17-34-22-11-7-6-10-21(22)27(31)28-20-8-4-3-5-9-20/h3-13,16,18,26H,14-15,17H2,1-2H3,(H,28,31)(H,29,30). The molecule has 0 saturated carbocycles. The van der Waals surface area contributed by atoms with Gasteiger partial charge in [-0.2, -0.15) is 0 Å². The Kier molecular flexibility index (Phi) is 7.32. The lowest BCUT2D eigenvalue weighted by atomic mass is 9.95. The summed E-state index contributed by atoms with van der Waals surface area (Å²) in [7, 11) is 0. The minimum Gasteiger partial charge on any atom is -0.486 e. The van der Waals surface area contributed by atoms with E-state index < -0.39 is 0 Å². The van der Waals surface area contributed by atoms with Crippen LogP contribution in [0.4, 0.5) is 5.69 Å². The first kappa shape index (κ1) is 23.2. The third-order valence-electron chi connectivity index (χ3n) is 5.43. The molecule has 3 aromatic carbocycles. The Morgan fingerprint density at radius 2 is 1.62 bits per heavy atom. The molecule has 4 rings (SSSR count). The minimum absolute atomic E-state index is 0.135. The number of rotatable bonds is 8. The van der Waals surface area contributed by atoms with Crippen LogP contribution < -0.4 is 24.8 Å². The van der Waals surface area contributed by atoms with E-state index in [1.165, 1.54) is 0 Å². The molecule has 0 fully saturated rings. The number of ether oxygens (including phenoxy) is 3. The van der Waals surface area contributed by atoms with Gasteiger partial charge in [0.2, 0.25) is 0 Å². The molecule has 2 amide bonds. The molecule has 0 bridgehead atoms. The molecular weight excluding hydrogens is 432 g/mol. The first-order chi connectivity index (χ1) is 16.5. The Hall–Kier alpha value is -4.00. The number of hydrogen-bond donors (Lipinski definition) is 2. The van der Waals surface area contributed by atoms with Crippen molar-refractivity contribution in [2.45, 2.75) is 19.9 Å². The summed E-state index contributed by atoms with van der Waals surface area (Å²) < 4.78 is 17.0. The van der Waals surface area contributed by atoms with Gasteiger partial charge in [-0.25, -0.2) is 0 Å².